The number of carbonyl (C=O) groups excluding carboxylic acids is 2. The summed E-state index contributed by atoms with van der Waals surface area (Å²) in [6.07, 6.45) is 2.64. The highest BCUT2D eigenvalue weighted by atomic mass is 35.5. The Morgan fingerprint density at radius 2 is 1.75 bits per heavy atom. The molecule has 5 nitrogen and oxygen atoms in total. The van der Waals surface area contributed by atoms with E-state index in [1.807, 2.05) is 24.3 Å². The Balaban J connectivity index is 1.43. The summed E-state index contributed by atoms with van der Waals surface area (Å²) in [7, 11) is 0. The molecule has 2 amide bonds. The van der Waals surface area contributed by atoms with Gasteiger partial charge in [-0.15, -0.1) is 0 Å². The molecule has 2 aromatic carbocycles. The highest BCUT2D eigenvalue weighted by Crippen LogP contribution is 2.24. The van der Waals surface area contributed by atoms with E-state index in [1.54, 1.807) is 24.3 Å². The SMILES string of the molecule is CC1CCN(c2ccc(NC(=O)CCNC(=O)c3ccccc3Cl)cc2)CC1. The van der Waals surface area contributed by atoms with Crippen LogP contribution >= 0.6 is 11.6 Å². The minimum atomic E-state index is -0.279. The van der Waals surface area contributed by atoms with Gasteiger partial charge in [0.15, 0.2) is 0 Å². The molecule has 3 rings (SSSR count). The van der Waals surface area contributed by atoms with Crippen molar-refractivity contribution < 1.29 is 9.59 Å². The smallest absolute Gasteiger partial charge is 0.252 e. The lowest BCUT2D eigenvalue weighted by Crippen LogP contribution is -2.32. The maximum atomic E-state index is 12.1. The van der Waals surface area contributed by atoms with E-state index in [2.05, 4.69) is 22.5 Å². The second kappa shape index (κ2) is 9.60. The van der Waals surface area contributed by atoms with Crippen molar-refractivity contribution in [3.05, 3.63) is 59.1 Å². The van der Waals surface area contributed by atoms with Gasteiger partial charge in [0, 0.05) is 37.4 Å². The van der Waals surface area contributed by atoms with Crippen LogP contribution in [-0.4, -0.2) is 31.4 Å². The molecule has 0 unspecified atom stereocenters. The van der Waals surface area contributed by atoms with E-state index in [4.69, 9.17) is 11.6 Å². The summed E-state index contributed by atoms with van der Waals surface area (Å²) in [6, 6.07) is 14.8. The Morgan fingerprint density at radius 1 is 1.07 bits per heavy atom. The maximum Gasteiger partial charge on any atom is 0.252 e. The predicted octanol–water partition coefficient (Wildman–Crippen LogP) is 4.33. The van der Waals surface area contributed by atoms with Gasteiger partial charge in [-0.1, -0.05) is 30.7 Å². The molecule has 1 fully saturated rings. The summed E-state index contributed by atoms with van der Waals surface area (Å²) >= 11 is 6.00. The quantitative estimate of drug-likeness (QED) is 0.759. The van der Waals surface area contributed by atoms with Crippen molar-refractivity contribution in [2.45, 2.75) is 26.2 Å². The highest BCUT2D eigenvalue weighted by molar-refractivity contribution is 6.33. The number of rotatable bonds is 6. The molecule has 0 spiro atoms. The number of nitrogens with zero attached hydrogens (tertiary/aromatic N) is 1. The predicted molar refractivity (Wildman–Crippen MR) is 114 cm³/mol. The first-order valence-corrected chi connectivity index (χ1v) is 10.1. The fraction of sp³-hybridized carbons (Fsp3) is 0.364. The number of amides is 2. The Morgan fingerprint density at radius 3 is 2.43 bits per heavy atom. The number of hydrogen-bond donors (Lipinski definition) is 2. The number of piperidine rings is 1. The van der Waals surface area contributed by atoms with Crippen LogP contribution in [0.3, 0.4) is 0 Å². The van der Waals surface area contributed by atoms with Gasteiger partial charge in [0.25, 0.3) is 5.91 Å². The summed E-state index contributed by atoms with van der Waals surface area (Å²) < 4.78 is 0. The molecule has 0 bridgehead atoms. The molecule has 1 aliphatic rings. The Kier molecular flexibility index (Phi) is 6.93. The summed E-state index contributed by atoms with van der Waals surface area (Å²) in [6.45, 7) is 4.71. The lowest BCUT2D eigenvalue weighted by molar-refractivity contribution is -0.116. The molecule has 0 aliphatic carbocycles. The summed E-state index contributed by atoms with van der Waals surface area (Å²) in [5.74, 6) is 0.380. The molecule has 1 aliphatic heterocycles. The van der Waals surface area contributed by atoms with Crippen LogP contribution in [0.25, 0.3) is 0 Å². The minimum Gasteiger partial charge on any atom is -0.372 e. The highest BCUT2D eigenvalue weighted by Gasteiger charge is 2.16. The first-order valence-electron chi connectivity index (χ1n) is 9.70. The summed E-state index contributed by atoms with van der Waals surface area (Å²) in [5, 5.41) is 5.99. The molecule has 148 valence electrons. The first-order chi connectivity index (χ1) is 13.5. The van der Waals surface area contributed by atoms with Gasteiger partial charge < -0.3 is 15.5 Å². The van der Waals surface area contributed by atoms with Crippen molar-refractivity contribution in [2.24, 2.45) is 5.92 Å². The first kappa shape index (κ1) is 20.2. The zero-order valence-electron chi connectivity index (χ0n) is 16.1. The van der Waals surface area contributed by atoms with Crippen molar-refractivity contribution in [2.75, 3.05) is 29.9 Å². The molecule has 6 heteroatoms. The molecule has 0 saturated carbocycles. The van der Waals surface area contributed by atoms with E-state index in [-0.39, 0.29) is 24.8 Å². The minimum absolute atomic E-state index is 0.140. The molecule has 0 aromatic heterocycles. The molecule has 1 heterocycles. The monoisotopic (exact) mass is 399 g/mol. The average Bonchev–Trinajstić information content (AvgIpc) is 2.69. The number of nitrogens with one attached hydrogen (secondary N) is 2. The number of carbonyl (C=O) groups is 2. The fourth-order valence-corrected chi connectivity index (χ4v) is 3.50. The van der Waals surface area contributed by atoms with Crippen LogP contribution in [0.2, 0.25) is 5.02 Å². The van der Waals surface area contributed by atoms with Crippen molar-refractivity contribution in [1.29, 1.82) is 0 Å². The topological polar surface area (TPSA) is 61.4 Å². The average molecular weight is 400 g/mol. The van der Waals surface area contributed by atoms with Gasteiger partial charge in [-0.25, -0.2) is 0 Å². The fourth-order valence-electron chi connectivity index (χ4n) is 3.28. The van der Waals surface area contributed by atoms with E-state index in [0.29, 0.717) is 10.6 Å². The molecule has 0 radical (unpaired) electrons. The third-order valence-corrected chi connectivity index (χ3v) is 5.39. The van der Waals surface area contributed by atoms with Crippen molar-refractivity contribution >= 4 is 34.8 Å². The Bertz CT molecular complexity index is 815. The van der Waals surface area contributed by atoms with Gasteiger partial charge in [0.05, 0.1) is 10.6 Å². The van der Waals surface area contributed by atoms with Crippen LogP contribution in [0.5, 0.6) is 0 Å². The third-order valence-electron chi connectivity index (χ3n) is 5.06. The lowest BCUT2D eigenvalue weighted by atomic mass is 9.99. The molecule has 0 atom stereocenters. The Hall–Kier alpha value is -2.53. The van der Waals surface area contributed by atoms with E-state index < -0.39 is 0 Å². The van der Waals surface area contributed by atoms with Gasteiger partial charge in [-0.2, -0.15) is 0 Å². The Labute approximate surface area is 171 Å². The molecular formula is C22H26ClN3O2. The van der Waals surface area contributed by atoms with Crippen LogP contribution < -0.4 is 15.5 Å². The number of hydrogen-bond acceptors (Lipinski definition) is 3. The normalized spacial score (nSPS) is 14.6. The summed E-state index contributed by atoms with van der Waals surface area (Å²) in [4.78, 5) is 26.6. The van der Waals surface area contributed by atoms with Crippen molar-refractivity contribution in [1.82, 2.24) is 5.32 Å². The van der Waals surface area contributed by atoms with E-state index in [0.717, 1.165) is 24.7 Å². The van der Waals surface area contributed by atoms with Crippen LogP contribution in [0.15, 0.2) is 48.5 Å². The van der Waals surface area contributed by atoms with Crippen molar-refractivity contribution in [3.63, 3.8) is 0 Å². The van der Waals surface area contributed by atoms with Gasteiger partial charge in [-0.05, 0) is 55.2 Å². The maximum absolute atomic E-state index is 12.1. The van der Waals surface area contributed by atoms with Crippen LogP contribution in [0, 0.1) is 5.92 Å². The van der Waals surface area contributed by atoms with Crippen LogP contribution in [0.4, 0.5) is 11.4 Å². The standard InChI is InChI=1S/C22H26ClN3O2/c1-16-11-14-26(15-12-16)18-8-6-17(7-9-18)25-21(27)10-13-24-22(28)19-4-2-3-5-20(19)23/h2-9,16H,10-15H2,1H3,(H,24,28)(H,25,27). The number of anilines is 2. The zero-order chi connectivity index (χ0) is 19.9. The van der Waals surface area contributed by atoms with E-state index in [1.165, 1.54) is 18.5 Å². The summed E-state index contributed by atoms with van der Waals surface area (Å²) in [5.41, 5.74) is 2.36. The van der Waals surface area contributed by atoms with E-state index in [9.17, 15) is 9.59 Å². The lowest BCUT2D eigenvalue weighted by Gasteiger charge is -2.32. The molecule has 2 N–H and O–H groups in total. The van der Waals surface area contributed by atoms with Gasteiger partial charge in [0.2, 0.25) is 5.91 Å². The number of benzene rings is 2. The molecular weight excluding hydrogens is 374 g/mol. The number of halogens is 1. The van der Waals surface area contributed by atoms with Gasteiger partial charge in [0.1, 0.15) is 0 Å². The van der Waals surface area contributed by atoms with E-state index >= 15 is 0 Å². The second-order valence-electron chi connectivity index (χ2n) is 7.25. The van der Waals surface area contributed by atoms with Gasteiger partial charge in [-0.3, -0.25) is 9.59 Å². The third kappa shape index (κ3) is 5.49. The van der Waals surface area contributed by atoms with Crippen LogP contribution in [0.1, 0.15) is 36.5 Å². The van der Waals surface area contributed by atoms with Crippen LogP contribution in [-0.2, 0) is 4.79 Å². The molecule has 2 aromatic rings. The largest absolute Gasteiger partial charge is 0.372 e. The second-order valence-corrected chi connectivity index (χ2v) is 7.66. The molecule has 1 saturated heterocycles. The molecule has 28 heavy (non-hydrogen) atoms. The van der Waals surface area contributed by atoms with Gasteiger partial charge >= 0.3 is 0 Å². The zero-order valence-corrected chi connectivity index (χ0v) is 16.8. The van der Waals surface area contributed by atoms with Crippen molar-refractivity contribution in [3.8, 4) is 0 Å².